The Morgan fingerprint density at radius 1 is 0.359 bits per heavy atom. The molecule has 0 heterocycles. The van der Waals surface area contributed by atoms with Crippen LogP contribution in [-0.4, -0.2) is 136 Å². The number of rotatable bonds is 45. The fraction of sp³-hybridized carbons (Fsp3) is 0.923. The van der Waals surface area contributed by atoms with Gasteiger partial charge in [0.05, 0.1) is 13.2 Å². The fourth-order valence-electron chi connectivity index (χ4n) is 8.06. The van der Waals surface area contributed by atoms with Crippen molar-refractivity contribution in [3.05, 3.63) is 0 Å². The zero-order chi connectivity index (χ0) is 47.5. The number of carbonyl (C=O) groups excluding carboxylic acids is 4. The second kappa shape index (κ2) is 44.2. The summed E-state index contributed by atoms with van der Waals surface area (Å²) in [5.41, 5.74) is 0. The van der Waals surface area contributed by atoms with Crippen LogP contribution in [-0.2, 0) is 28.5 Å². The quantitative estimate of drug-likeness (QED) is 0.0332. The number of hydrogen-bond acceptors (Lipinski definition) is 10. The Balaban J connectivity index is 4.94. The van der Waals surface area contributed by atoms with Gasteiger partial charge in [0.15, 0.2) is 0 Å². The average Bonchev–Trinajstić information content (AvgIpc) is 3.29. The van der Waals surface area contributed by atoms with Crippen LogP contribution in [0.2, 0.25) is 0 Å². The molecule has 64 heavy (non-hydrogen) atoms. The molecule has 0 saturated carbocycles. The number of carbonyl (C=O) groups is 4. The van der Waals surface area contributed by atoms with Crippen molar-refractivity contribution < 1.29 is 38.1 Å². The maximum Gasteiger partial charge on any atom is 0.409 e. The highest BCUT2D eigenvalue weighted by Gasteiger charge is 2.19. The lowest BCUT2D eigenvalue weighted by atomic mass is 9.96. The van der Waals surface area contributed by atoms with E-state index in [4.69, 9.17) is 18.9 Å². The van der Waals surface area contributed by atoms with E-state index in [1.54, 1.807) is 9.80 Å². The smallest absolute Gasteiger partial charge is 0.409 e. The Labute approximate surface area is 393 Å². The summed E-state index contributed by atoms with van der Waals surface area (Å²) in [7, 11) is 0. The Bertz CT molecular complexity index is 1010. The molecule has 0 aromatic rings. The van der Waals surface area contributed by atoms with E-state index in [-0.39, 0.29) is 37.3 Å². The van der Waals surface area contributed by atoms with Crippen LogP contribution in [0.25, 0.3) is 0 Å². The van der Waals surface area contributed by atoms with Crippen molar-refractivity contribution in [2.24, 2.45) is 11.8 Å². The van der Waals surface area contributed by atoms with Crippen LogP contribution in [0.3, 0.4) is 0 Å². The van der Waals surface area contributed by atoms with E-state index in [1.165, 1.54) is 77.0 Å². The molecular weight excluding hydrogens is 809 g/mol. The number of likely N-dealkylation sites (N-methyl/N-ethyl adjacent to an activating group) is 1. The van der Waals surface area contributed by atoms with Crippen molar-refractivity contribution in [1.29, 1.82) is 0 Å². The summed E-state index contributed by atoms with van der Waals surface area (Å²) in [5.74, 6) is 0.617. The van der Waals surface area contributed by atoms with Gasteiger partial charge >= 0.3 is 24.1 Å². The third-order valence-electron chi connectivity index (χ3n) is 12.3. The summed E-state index contributed by atoms with van der Waals surface area (Å²) in [4.78, 5) is 59.7. The molecule has 378 valence electrons. The number of hydrogen-bond donors (Lipinski definition) is 0. The van der Waals surface area contributed by atoms with Crippen molar-refractivity contribution in [2.45, 2.75) is 209 Å². The van der Waals surface area contributed by atoms with Gasteiger partial charge in [0.25, 0.3) is 0 Å². The van der Waals surface area contributed by atoms with Gasteiger partial charge in [0.1, 0.15) is 13.2 Å². The van der Waals surface area contributed by atoms with Gasteiger partial charge in [0.2, 0.25) is 0 Å². The van der Waals surface area contributed by atoms with Gasteiger partial charge < -0.3 is 33.6 Å². The van der Waals surface area contributed by atoms with Crippen LogP contribution < -0.4 is 0 Å². The van der Waals surface area contributed by atoms with Crippen molar-refractivity contribution in [1.82, 2.24) is 19.6 Å². The molecule has 0 aliphatic rings. The van der Waals surface area contributed by atoms with Gasteiger partial charge in [-0.25, -0.2) is 9.59 Å². The molecule has 0 atom stereocenters. The molecule has 0 unspecified atom stereocenters. The summed E-state index contributed by atoms with van der Waals surface area (Å²) in [6, 6.07) is 0. The largest absolute Gasteiger partial charge is 0.465 e. The summed E-state index contributed by atoms with van der Waals surface area (Å²) in [6.07, 6.45) is 23.4. The number of unbranched alkanes of at least 4 members (excludes halogenated alkanes) is 10. The van der Waals surface area contributed by atoms with Gasteiger partial charge in [0, 0.05) is 65.2 Å². The molecule has 0 fully saturated rings. The van der Waals surface area contributed by atoms with Gasteiger partial charge in [-0.05, 0) is 89.1 Å². The van der Waals surface area contributed by atoms with Gasteiger partial charge in [-0.15, -0.1) is 0 Å². The molecule has 0 aliphatic heterocycles. The van der Waals surface area contributed by atoms with Crippen LogP contribution in [0.1, 0.15) is 209 Å². The van der Waals surface area contributed by atoms with E-state index >= 15 is 0 Å². The van der Waals surface area contributed by atoms with Gasteiger partial charge in [-0.3, -0.25) is 14.5 Å². The Kier molecular flexibility index (Phi) is 42.5. The molecule has 0 aromatic heterocycles. The normalized spacial score (nSPS) is 11.5. The summed E-state index contributed by atoms with van der Waals surface area (Å²) >= 11 is 0. The number of esters is 2. The molecule has 0 spiro atoms. The average molecular weight is 911 g/mol. The first-order valence-electron chi connectivity index (χ1n) is 26.7. The maximum absolute atomic E-state index is 13.2. The molecular formula is C52H102N4O8. The zero-order valence-electron chi connectivity index (χ0n) is 43.1. The zero-order valence-corrected chi connectivity index (χ0v) is 43.1. The molecule has 0 aliphatic carbocycles. The molecule has 0 bridgehead atoms. The number of amides is 2. The van der Waals surface area contributed by atoms with Gasteiger partial charge in [-0.2, -0.15) is 0 Å². The summed E-state index contributed by atoms with van der Waals surface area (Å²) in [5, 5.41) is 0. The molecule has 0 N–H and O–H groups in total. The minimum absolute atomic E-state index is 0.141. The first-order valence-corrected chi connectivity index (χ1v) is 26.7. The van der Waals surface area contributed by atoms with E-state index in [1.807, 2.05) is 13.8 Å². The predicted octanol–water partition coefficient (Wildman–Crippen LogP) is 12.3. The number of ether oxygens (including phenoxy) is 4. The molecule has 2 amide bonds. The van der Waals surface area contributed by atoms with Crippen molar-refractivity contribution in [3.63, 3.8) is 0 Å². The monoisotopic (exact) mass is 911 g/mol. The van der Waals surface area contributed by atoms with Crippen molar-refractivity contribution in [3.8, 4) is 0 Å². The van der Waals surface area contributed by atoms with E-state index in [2.05, 4.69) is 51.3 Å². The standard InChI is InChI=1S/C52H102N4O8/c1-9-17-21-29-47(30-22-18-10-2)45-63-49(57)33-25-27-37-55(35-13-5)51(59)61-43-41-54(40-39-53(15-7)16-8)42-44-62-52(60)56(36-14-6)38-28-26-34-50(58)64-46-48(31-23-19-11-3)32-24-20-12-4/h47-48H,9-46H2,1-8H3. The topological polar surface area (TPSA) is 118 Å². The van der Waals surface area contributed by atoms with E-state index in [9.17, 15) is 19.2 Å². The molecule has 0 saturated heterocycles. The fourth-order valence-corrected chi connectivity index (χ4v) is 8.06. The van der Waals surface area contributed by atoms with E-state index in [0.29, 0.717) is 103 Å². The highest BCUT2D eigenvalue weighted by molar-refractivity contribution is 5.70. The highest BCUT2D eigenvalue weighted by Crippen LogP contribution is 2.20. The third kappa shape index (κ3) is 34.7. The van der Waals surface area contributed by atoms with Crippen LogP contribution in [0.15, 0.2) is 0 Å². The first-order chi connectivity index (χ1) is 31.1. The Hall–Kier alpha value is -2.60. The lowest BCUT2D eigenvalue weighted by molar-refractivity contribution is -0.146. The van der Waals surface area contributed by atoms with Crippen LogP contribution in [0.4, 0.5) is 9.59 Å². The SMILES string of the molecule is CCCCCC(CCCCC)COC(=O)CCCCN(CCC)C(=O)OCCN(CCOC(=O)N(CCC)CCCCC(=O)OCC(CCCCC)CCCCC)CCN(CC)CC. The third-order valence-corrected chi connectivity index (χ3v) is 12.3. The maximum atomic E-state index is 13.2. The van der Waals surface area contributed by atoms with Crippen LogP contribution in [0.5, 0.6) is 0 Å². The van der Waals surface area contributed by atoms with Crippen LogP contribution in [0, 0.1) is 11.8 Å². The van der Waals surface area contributed by atoms with E-state index in [0.717, 1.165) is 64.7 Å². The number of nitrogens with zero attached hydrogens (tertiary/aromatic N) is 4. The minimum atomic E-state index is -0.334. The lowest BCUT2D eigenvalue weighted by Crippen LogP contribution is -2.41. The molecule has 12 heteroatoms. The molecule has 0 aromatic carbocycles. The predicted molar refractivity (Wildman–Crippen MR) is 264 cm³/mol. The van der Waals surface area contributed by atoms with E-state index < -0.39 is 0 Å². The van der Waals surface area contributed by atoms with Crippen LogP contribution >= 0.6 is 0 Å². The second-order valence-corrected chi connectivity index (χ2v) is 18.1. The molecule has 0 rings (SSSR count). The first kappa shape index (κ1) is 61.4. The van der Waals surface area contributed by atoms with Crippen molar-refractivity contribution >= 4 is 24.1 Å². The Morgan fingerprint density at radius 3 is 1.05 bits per heavy atom. The lowest BCUT2D eigenvalue weighted by Gasteiger charge is -2.27. The van der Waals surface area contributed by atoms with Crippen molar-refractivity contribution in [2.75, 3.05) is 91.9 Å². The summed E-state index contributed by atoms with van der Waals surface area (Å²) in [6.45, 7) is 25.6. The molecule has 12 nitrogen and oxygen atoms in total. The minimum Gasteiger partial charge on any atom is -0.465 e. The summed E-state index contributed by atoms with van der Waals surface area (Å²) < 4.78 is 23.0. The second-order valence-electron chi connectivity index (χ2n) is 18.1. The van der Waals surface area contributed by atoms with Gasteiger partial charge in [-0.1, -0.05) is 132 Å². The Morgan fingerprint density at radius 2 is 0.719 bits per heavy atom. The highest BCUT2D eigenvalue weighted by atomic mass is 16.6. The molecule has 0 radical (unpaired) electrons.